The van der Waals surface area contributed by atoms with Crippen molar-refractivity contribution >= 4 is 29.4 Å². The fourth-order valence-corrected chi connectivity index (χ4v) is 3.28. The van der Waals surface area contributed by atoms with Crippen LogP contribution in [0.2, 0.25) is 0 Å². The molecule has 1 aliphatic rings. The van der Waals surface area contributed by atoms with E-state index in [1.54, 1.807) is 35.9 Å². The minimum absolute atomic E-state index is 0.0145. The maximum Gasteiger partial charge on any atom is 0.269 e. The second kappa shape index (κ2) is 9.31. The molecule has 0 bridgehead atoms. The molecule has 0 saturated carbocycles. The Morgan fingerprint density at radius 2 is 2.13 bits per heavy atom. The Morgan fingerprint density at radius 3 is 2.80 bits per heavy atom. The van der Waals surface area contributed by atoms with E-state index in [4.69, 9.17) is 0 Å². The lowest BCUT2D eigenvalue weighted by molar-refractivity contribution is -0.384. The average molecular weight is 412 g/mol. The molecule has 30 heavy (non-hydrogen) atoms. The SMILES string of the molecule is CCCC1CC(=O)NC(n2nc(C)cc2NC(=O)/C=C/c2ccc([N+](=O)[O-])cc2)N1. The molecule has 0 aliphatic carbocycles. The Hall–Kier alpha value is -3.53. The van der Waals surface area contributed by atoms with E-state index in [1.807, 2.05) is 0 Å². The number of carbonyl (C=O) groups is 2. The number of carbonyl (C=O) groups excluding carboxylic acids is 2. The van der Waals surface area contributed by atoms with Crippen LogP contribution in [0.5, 0.6) is 0 Å². The quantitative estimate of drug-likeness (QED) is 0.364. The molecule has 2 aromatic rings. The largest absolute Gasteiger partial charge is 0.322 e. The van der Waals surface area contributed by atoms with Crippen molar-refractivity contribution in [1.82, 2.24) is 20.4 Å². The monoisotopic (exact) mass is 412 g/mol. The lowest BCUT2D eigenvalue weighted by Crippen LogP contribution is -2.53. The number of hydrogen-bond acceptors (Lipinski definition) is 6. The van der Waals surface area contributed by atoms with Crippen LogP contribution in [0.3, 0.4) is 0 Å². The van der Waals surface area contributed by atoms with Gasteiger partial charge < -0.3 is 10.6 Å². The maximum atomic E-state index is 12.4. The van der Waals surface area contributed by atoms with Crippen molar-refractivity contribution in [3.63, 3.8) is 0 Å². The van der Waals surface area contributed by atoms with Crippen molar-refractivity contribution in [2.75, 3.05) is 5.32 Å². The number of non-ortho nitro benzene ring substituents is 1. The van der Waals surface area contributed by atoms with Crippen LogP contribution in [-0.2, 0) is 9.59 Å². The summed E-state index contributed by atoms with van der Waals surface area (Å²) in [5.41, 5.74) is 1.33. The van der Waals surface area contributed by atoms with Gasteiger partial charge in [0, 0.05) is 36.7 Å². The third kappa shape index (κ3) is 5.29. The summed E-state index contributed by atoms with van der Waals surface area (Å²) in [4.78, 5) is 34.7. The van der Waals surface area contributed by atoms with Gasteiger partial charge in [-0.3, -0.25) is 25.0 Å². The molecular formula is C20H24N6O4. The van der Waals surface area contributed by atoms with Crippen LogP contribution < -0.4 is 16.0 Å². The van der Waals surface area contributed by atoms with Crippen molar-refractivity contribution < 1.29 is 14.5 Å². The zero-order valence-electron chi connectivity index (χ0n) is 16.8. The number of aromatic nitrogens is 2. The summed E-state index contributed by atoms with van der Waals surface area (Å²) in [6.45, 7) is 3.86. The summed E-state index contributed by atoms with van der Waals surface area (Å²) in [6, 6.07) is 7.64. The number of nitrogens with zero attached hydrogens (tertiary/aromatic N) is 3. The minimum Gasteiger partial charge on any atom is -0.322 e. The predicted octanol–water partition coefficient (Wildman–Crippen LogP) is 2.49. The molecule has 0 spiro atoms. The van der Waals surface area contributed by atoms with E-state index in [0.29, 0.717) is 23.5 Å². The molecule has 158 valence electrons. The number of hydrogen-bond donors (Lipinski definition) is 3. The van der Waals surface area contributed by atoms with E-state index in [0.717, 1.165) is 12.8 Å². The van der Waals surface area contributed by atoms with Crippen molar-refractivity contribution in [3.8, 4) is 0 Å². The minimum atomic E-state index is -0.551. The normalized spacial score (nSPS) is 18.9. The third-order valence-corrected chi connectivity index (χ3v) is 4.65. The average Bonchev–Trinajstić information content (AvgIpc) is 3.06. The molecule has 1 aromatic heterocycles. The lowest BCUT2D eigenvalue weighted by atomic mass is 10.1. The standard InChI is InChI=1S/C20H24N6O4/c1-3-4-15-12-19(28)23-20(21-15)25-17(11-13(2)24-25)22-18(27)10-7-14-5-8-16(9-6-14)26(29)30/h5-11,15,20-21H,3-4,12H2,1-2H3,(H,22,27)(H,23,28)/b10-7+. The zero-order valence-corrected chi connectivity index (χ0v) is 16.8. The molecule has 2 heterocycles. The molecule has 1 fully saturated rings. The Morgan fingerprint density at radius 1 is 1.40 bits per heavy atom. The van der Waals surface area contributed by atoms with E-state index in [2.05, 4.69) is 28.0 Å². The number of benzene rings is 1. The van der Waals surface area contributed by atoms with Gasteiger partial charge in [-0.15, -0.1) is 0 Å². The van der Waals surface area contributed by atoms with Crippen molar-refractivity contribution in [1.29, 1.82) is 0 Å². The highest BCUT2D eigenvalue weighted by molar-refractivity contribution is 6.01. The second-order valence-corrected chi connectivity index (χ2v) is 7.11. The number of nitro groups is 1. The Labute approximate surface area is 173 Å². The first-order chi connectivity index (χ1) is 14.4. The first-order valence-corrected chi connectivity index (χ1v) is 9.70. The van der Waals surface area contributed by atoms with Gasteiger partial charge in [0.05, 0.1) is 10.6 Å². The first-order valence-electron chi connectivity index (χ1n) is 9.70. The van der Waals surface area contributed by atoms with Crippen LogP contribution in [0.25, 0.3) is 6.08 Å². The van der Waals surface area contributed by atoms with Crippen LogP contribution in [0.15, 0.2) is 36.4 Å². The predicted molar refractivity (Wildman–Crippen MR) is 111 cm³/mol. The smallest absolute Gasteiger partial charge is 0.269 e. The van der Waals surface area contributed by atoms with Crippen LogP contribution in [0.1, 0.15) is 43.7 Å². The number of amides is 2. The number of rotatable bonds is 7. The van der Waals surface area contributed by atoms with Crippen LogP contribution >= 0.6 is 0 Å². The van der Waals surface area contributed by atoms with E-state index in [9.17, 15) is 19.7 Å². The van der Waals surface area contributed by atoms with Gasteiger partial charge in [-0.25, -0.2) is 4.68 Å². The topological polar surface area (TPSA) is 131 Å². The zero-order chi connectivity index (χ0) is 21.7. The van der Waals surface area contributed by atoms with Crippen LogP contribution in [0.4, 0.5) is 11.5 Å². The Kier molecular flexibility index (Phi) is 6.58. The fraction of sp³-hybridized carbons (Fsp3) is 0.350. The van der Waals surface area contributed by atoms with E-state index < -0.39 is 11.2 Å². The molecule has 2 unspecified atom stereocenters. The molecule has 0 radical (unpaired) electrons. The first kappa shape index (κ1) is 21.2. The molecule has 10 heteroatoms. The summed E-state index contributed by atoms with van der Waals surface area (Å²) >= 11 is 0. The molecular weight excluding hydrogens is 388 g/mol. The summed E-state index contributed by atoms with van der Waals surface area (Å²) in [5.74, 6) is -0.0109. The van der Waals surface area contributed by atoms with E-state index >= 15 is 0 Å². The summed E-state index contributed by atoms with van der Waals surface area (Å²) < 4.78 is 1.55. The summed E-state index contributed by atoms with van der Waals surface area (Å²) in [6.07, 6.45) is 4.57. The summed E-state index contributed by atoms with van der Waals surface area (Å²) in [7, 11) is 0. The van der Waals surface area contributed by atoms with Crippen molar-refractivity contribution in [2.24, 2.45) is 0 Å². The van der Waals surface area contributed by atoms with Gasteiger partial charge in [0.1, 0.15) is 5.82 Å². The van der Waals surface area contributed by atoms with Gasteiger partial charge in [-0.1, -0.05) is 13.3 Å². The lowest BCUT2D eigenvalue weighted by Gasteiger charge is -2.32. The van der Waals surface area contributed by atoms with Gasteiger partial charge >= 0.3 is 0 Å². The Bertz CT molecular complexity index is 966. The number of anilines is 1. The number of aryl methyl sites for hydroxylation is 1. The molecule has 2 amide bonds. The van der Waals surface area contributed by atoms with Gasteiger partial charge in [-0.2, -0.15) is 5.10 Å². The van der Waals surface area contributed by atoms with Gasteiger partial charge in [0.2, 0.25) is 11.8 Å². The van der Waals surface area contributed by atoms with Crippen LogP contribution in [0, 0.1) is 17.0 Å². The highest BCUT2D eigenvalue weighted by Crippen LogP contribution is 2.19. The van der Waals surface area contributed by atoms with Crippen molar-refractivity contribution in [2.45, 2.75) is 45.4 Å². The van der Waals surface area contributed by atoms with Gasteiger partial charge in [0.25, 0.3) is 5.69 Å². The van der Waals surface area contributed by atoms with Gasteiger partial charge in [-0.05, 0) is 37.1 Å². The number of nitrogens with one attached hydrogen (secondary N) is 3. The molecule has 1 aliphatic heterocycles. The highest BCUT2D eigenvalue weighted by atomic mass is 16.6. The highest BCUT2D eigenvalue weighted by Gasteiger charge is 2.28. The van der Waals surface area contributed by atoms with E-state index in [-0.39, 0.29) is 23.5 Å². The molecule has 1 aromatic carbocycles. The Balaban J connectivity index is 1.70. The molecule has 2 atom stereocenters. The van der Waals surface area contributed by atoms with E-state index in [1.165, 1.54) is 18.2 Å². The molecule has 1 saturated heterocycles. The van der Waals surface area contributed by atoms with Crippen LogP contribution in [-0.4, -0.2) is 32.6 Å². The molecule has 3 rings (SSSR count). The van der Waals surface area contributed by atoms with Crippen molar-refractivity contribution in [3.05, 3.63) is 57.8 Å². The molecule has 3 N–H and O–H groups in total. The van der Waals surface area contributed by atoms with Gasteiger partial charge in [0.15, 0.2) is 6.29 Å². The second-order valence-electron chi connectivity index (χ2n) is 7.11. The number of nitro benzene ring substituents is 1. The fourth-order valence-electron chi connectivity index (χ4n) is 3.28. The summed E-state index contributed by atoms with van der Waals surface area (Å²) in [5, 5.41) is 24.1. The molecule has 10 nitrogen and oxygen atoms in total. The maximum absolute atomic E-state index is 12.4. The third-order valence-electron chi connectivity index (χ3n) is 4.65.